The van der Waals surface area contributed by atoms with Crippen molar-refractivity contribution in [2.45, 2.75) is 5.75 Å². The number of halogens is 2. The molecule has 0 aliphatic heterocycles. The van der Waals surface area contributed by atoms with Crippen molar-refractivity contribution in [1.82, 2.24) is 5.32 Å². The van der Waals surface area contributed by atoms with E-state index < -0.39 is 15.9 Å². The Morgan fingerprint density at radius 1 is 1.03 bits per heavy atom. The van der Waals surface area contributed by atoms with Crippen molar-refractivity contribution in [2.24, 2.45) is 0 Å². The zero-order valence-electron chi connectivity index (χ0n) is 18.4. The fourth-order valence-electron chi connectivity index (χ4n) is 3.02. The predicted octanol–water partition coefficient (Wildman–Crippen LogP) is 5.60. The molecule has 1 amide bonds. The SMILES string of the molecule is CS(=O)(=O)N(CC(=O)NCCSCc1ccc(Cl)cc1Cl)c1ccccc1Oc1ccccc1. The Morgan fingerprint density at radius 2 is 1.74 bits per heavy atom. The zero-order valence-corrected chi connectivity index (χ0v) is 21.6. The van der Waals surface area contributed by atoms with E-state index in [1.165, 1.54) is 0 Å². The number of benzene rings is 3. The molecule has 0 aliphatic carbocycles. The summed E-state index contributed by atoms with van der Waals surface area (Å²) in [5, 5.41) is 3.96. The van der Waals surface area contributed by atoms with Gasteiger partial charge in [0, 0.05) is 28.1 Å². The quantitative estimate of drug-likeness (QED) is 0.321. The van der Waals surface area contributed by atoms with Crippen LogP contribution in [0.3, 0.4) is 0 Å². The Kier molecular flexibility index (Phi) is 9.53. The van der Waals surface area contributed by atoms with Crippen LogP contribution in [0.15, 0.2) is 72.8 Å². The summed E-state index contributed by atoms with van der Waals surface area (Å²) in [6, 6.07) is 21.1. The van der Waals surface area contributed by atoms with Gasteiger partial charge in [0.15, 0.2) is 5.75 Å². The van der Waals surface area contributed by atoms with Crippen LogP contribution in [0.2, 0.25) is 10.0 Å². The Labute approximate surface area is 214 Å². The molecule has 0 aliphatic rings. The fraction of sp³-hybridized carbons (Fsp3) is 0.208. The van der Waals surface area contributed by atoms with Gasteiger partial charge < -0.3 is 10.1 Å². The molecule has 0 unspecified atom stereocenters. The predicted molar refractivity (Wildman–Crippen MR) is 141 cm³/mol. The lowest BCUT2D eigenvalue weighted by atomic mass is 10.2. The van der Waals surface area contributed by atoms with Crippen molar-refractivity contribution in [3.8, 4) is 11.5 Å². The maximum Gasteiger partial charge on any atom is 0.240 e. The summed E-state index contributed by atoms with van der Waals surface area (Å²) >= 11 is 13.7. The van der Waals surface area contributed by atoms with Crippen LogP contribution in [0.25, 0.3) is 0 Å². The minimum absolute atomic E-state index is 0.288. The first-order valence-corrected chi connectivity index (χ1v) is 14.1. The van der Waals surface area contributed by atoms with Crippen LogP contribution in [0.1, 0.15) is 5.56 Å². The Hall–Kier alpha value is -2.39. The molecule has 0 heterocycles. The number of hydrogen-bond donors (Lipinski definition) is 1. The van der Waals surface area contributed by atoms with Crippen molar-refractivity contribution in [2.75, 3.05) is 29.4 Å². The first-order chi connectivity index (χ1) is 16.2. The summed E-state index contributed by atoms with van der Waals surface area (Å²) in [6.07, 6.45) is 1.06. The Balaban J connectivity index is 1.59. The van der Waals surface area contributed by atoms with Gasteiger partial charge in [-0.1, -0.05) is 59.6 Å². The number of carbonyl (C=O) groups is 1. The molecule has 3 aromatic rings. The molecule has 3 aromatic carbocycles. The number of amides is 1. The van der Waals surface area contributed by atoms with Crippen LogP contribution in [-0.4, -0.2) is 39.4 Å². The number of nitrogens with zero attached hydrogens (tertiary/aromatic N) is 1. The third-order valence-corrected chi connectivity index (χ3v) is 7.36. The first-order valence-electron chi connectivity index (χ1n) is 10.3. The van der Waals surface area contributed by atoms with E-state index in [0.29, 0.717) is 39.6 Å². The lowest BCUT2D eigenvalue weighted by molar-refractivity contribution is -0.119. The summed E-state index contributed by atoms with van der Waals surface area (Å²) in [7, 11) is -3.75. The topological polar surface area (TPSA) is 75.7 Å². The number of carbonyl (C=O) groups excluding carboxylic acids is 1. The average molecular weight is 540 g/mol. The number of hydrogen-bond acceptors (Lipinski definition) is 5. The van der Waals surface area contributed by atoms with Gasteiger partial charge in [0.05, 0.1) is 11.9 Å². The summed E-state index contributed by atoms with van der Waals surface area (Å²) in [5.74, 6) is 1.79. The van der Waals surface area contributed by atoms with Crippen LogP contribution >= 0.6 is 35.0 Å². The maximum atomic E-state index is 12.6. The molecule has 0 spiro atoms. The maximum absolute atomic E-state index is 12.6. The van der Waals surface area contributed by atoms with Crippen LogP contribution in [0, 0.1) is 0 Å². The van der Waals surface area contributed by atoms with Gasteiger partial charge in [-0.25, -0.2) is 8.42 Å². The minimum atomic E-state index is -3.75. The monoisotopic (exact) mass is 538 g/mol. The molecule has 1 N–H and O–H groups in total. The molecular formula is C24H24Cl2N2O4S2. The Bertz CT molecular complexity index is 1220. The third kappa shape index (κ3) is 7.84. The number of sulfonamides is 1. The van der Waals surface area contributed by atoms with Crippen molar-refractivity contribution >= 4 is 56.6 Å². The van der Waals surface area contributed by atoms with Crippen molar-refractivity contribution in [3.05, 3.63) is 88.4 Å². The summed E-state index contributed by atoms with van der Waals surface area (Å²) in [6.45, 7) is 0.0240. The van der Waals surface area contributed by atoms with E-state index in [0.717, 1.165) is 16.1 Å². The highest BCUT2D eigenvalue weighted by molar-refractivity contribution is 7.98. The van der Waals surface area contributed by atoms with E-state index >= 15 is 0 Å². The molecule has 10 heteroatoms. The molecular weight excluding hydrogens is 515 g/mol. The van der Waals surface area contributed by atoms with Crippen LogP contribution < -0.4 is 14.4 Å². The molecule has 3 rings (SSSR count). The van der Waals surface area contributed by atoms with Gasteiger partial charge in [0.1, 0.15) is 12.3 Å². The summed E-state index contributed by atoms with van der Waals surface area (Å²) < 4.78 is 32.0. The fourth-order valence-corrected chi connectivity index (χ4v) is 5.29. The van der Waals surface area contributed by atoms with Gasteiger partial charge >= 0.3 is 0 Å². The first kappa shape index (κ1) is 26.2. The van der Waals surface area contributed by atoms with Crippen molar-refractivity contribution in [3.63, 3.8) is 0 Å². The molecule has 0 radical (unpaired) electrons. The second-order valence-corrected chi connectivity index (χ2v) is 11.1. The van der Waals surface area contributed by atoms with Gasteiger partial charge in [-0.15, -0.1) is 0 Å². The van der Waals surface area contributed by atoms with E-state index in [4.69, 9.17) is 27.9 Å². The standard InChI is InChI=1S/C24H24Cl2N2O4S2/c1-34(30,31)28(22-9-5-6-10-23(22)32-20-7-3-2-4-8-20)16-24(29)27-13-14-33-17-18-11-12-19(25)15-21(18)26/h2-12,15H,13-14,16-17H2,1H3,(H,27,29). The average Bonchev–Trinajstić information content (AvgIpc) is 2.79. The molecule has 6 nitrogen and oxygen atoms in total. The van der Waals surface area contributed by atoms with Crippen LogP contribution in [0.4, 0.5) is 5.69 Å². The molecule has 0 aromatic heterocycles. The number of thioether (sulfide) groups is 1. The number of ether oxygens (including phenoxy) is 1. The van der Waals surface area contributed by atoms with E-state index in [1.54, 1.807) is 60.3 Å². The molecule has 0 saturated carbocycles. The van der Waals surface area contributed by atoms with Crippen molar-refractivity contribution < 1.29 is 17.9 Å². The molecule has 180 valence electrons. The summed E-state index contributed by atoms with van der Waals surface area (Å²) in [4.78, 5) is 12.6. The van der Waals surface area contributed by atoms with Crippen LogP contribution in [0.5, 0.6) is 11.5 Å². The third-order valence-electron chi connectivity index (χ3n) is 4.63. The number of rotatable bonds is 11. The van der Waals surface area contributed by atoms with Crippen LogP contribution in [-0.2, 0) is 20.6 Å². The smallest absolute Gasteiger partial charge is 0.240 e. The highest BCUT2D eigenvalue weighted by atomic mass is 35.5. The lowest BCUT2D eigenvalue weighted by Gasteiger charge is -2.24. The zero-order chi connectivity index (χ0) is 24.6. The Morgan fingerprint density at radius 3 is 2.44 bits per heavy atom. The molecule has 0 bridgehead atoms. The van der Waals surface area contributed by atoms with E-state index in [1.807, 2.05) is 24.3 Å². The van der Waals surface area contributed by atoms with E-state index in [-0.39, 0.29) is 12.2 Å². The number of anilines is 1. The van der Waals surface area contributed by atoms with Gasteiger partial charge in [0.25, 0.3) is 0 Å². The highest BCUT2D eigenvalue weighted by Crippen LogP contribution is 2.33. The molecule has 34 heavy (non-hydrogen) atoms. The minimum Gasteiger partial charge on any atom is -0.455 e. The molecule has 0 fully saturated rings. The molecule has 0 atom stereocenters. The summed E-state index contributed by atoms with van der Waals surface area (Å²) in [5.41, 5.74) is 1.25. The van der Waals surface area contributed by atoms with E-state index in [9.17, 15) is 13.2 Å². The van der Waals surface area contributed by atoms with Gasteiger partial charge in [-0.3, -0.25) is 9.10 Å². The highest BCUT2D eigenvalue weighted by Gasteiger charge is 2.24. The van der Waals surface area contributed by atoms with E-state index in [2.05, 4.69) is 5.32 Å². The second-order valence-electron chi connectivity index (χ2n) is 7.29. The molecule has 0 saturated heterocycles. The van der Waals surface area contributed by atoms with Gasteiger partial charge in [-0.2, -0.15) is 11.8 Å². The van der Waals surface area contributed by atoms with Gasteiger partial charge in [0.2, 0.25) is 15.9 Å². The second kappa shape index (κ2) is 12.4. The lowest BCUT2D eigenvalue weighted by Crippen LogP contribution is -2.41. The van der Waals surface area contributed by atoms with Gasteiger partial charge in [-0.05, 0) is 42.0 Å². The largest absolute Gasteiger partial charge is 0.455 e. The van der Waals surface area contributed by atoms with Crippen molar-refractivity contribution in [1.29, 1.82) is 0 Å². The normalized spacial score (nSPS) is 11.1. The number of para-hydroxylation sites is 3. The number of nitrogens with one attached hydrogen (secondary N) is 1.